The highest BCUT2D eigenvalue weighted by Gasteiger charge is 2.28. The first-order chi connectivity index (χ1) is 11.3. The molecule has 0 aliphatic heterocycles. The maximum Gasteiger partial charge on any atom is 0.248 e. The molecule has 0 aliphatic rings. The maximum atomic E-state index is 13.8. The van der Waals surface area contributed by atoms with Gasteiger partial charge in [-0.15, -0.1) is 0 Å². The van der Waals surface area contributed by atoms with E-state index in [1.54, 1.807) is 7.05 Å². The van der Waals surface area contributed by atoms with Crippen molar-refractivity contribution in [2.24, 2.45) is 0 Å². The summed E-state index contributed by atoms with van der Waals surface area (Å²) in [5.74, 6) is -2.62. The number of hydrogen-bond acceptors (Lipinski definition) is 3. The van der Waals surface area contributed by atoms with Crippen LogP contribution in [0.3, 0.4) is 0 Å². The Kier molecular flexibility index (Phi) is 13.8. The lowest BCUT2D eigenvalue weighted by atomic mass is 9.98. The van der Waals surface area contributed by atoms with Gasteiger partial charge < -0.3 is 15.5 Å². The molecule has 24 heavy (non-hydrogen) atoms. The van der Waals surface area contributed by atoms with Gasteiger partial charge in [-0.3, -0.25) is 0 Å². The second kappa shape index (κ2) is 14.0. The van der Waals surface area contributed by atoms with Gasteiger partial charge >= 0.3 is 0 Å². The number of likely N-dealkylation sites (N-methyl/N-ethyl adjacent to an activating group) is 1. The van der Waals surface area contributed by atoms with Crippen LogP contribution in [0.4, 0.5) is 8.78 Å². The molecule has 0 aromatic heterocycles. The van der Waals surface area contributed by atoms with Crippen LogP contribution < -0.4 is 5.32 Å². The van der Waals surface area contributed by atoms with Gasteiger partial charge in [-0.1, -0.05) is 45.4 Å². The zero-order valence-electron chi connectivity index (χ0n) is 15.9. The van der Waals surface area contributed by atoms with E-state index in [0.717, 1.165) is 19.3 Å². The average molecular weight is 352 g/mol. The molecule has 0 saturated carbocycles. The Balaban J connectivity index is 3.72. The Labute approximate surface area is 147 Å². The van der Waals surface area contributed by atoms with Crippen molar-refractivity contribution in [2.45, 2.75) is 115 Å². The molecule has 0 spiro atoms. The Bertz CT molecular complexity index is 291. The van der Waals surface area contributed by atoms with E-state index in [9.17, 15) is 19.0 Å². The summed E-state index contributed by atoms with van der Waals surface area (Å²) >= 11 is 0. The van der Waals surface area contributed by atoms with Crippen molar-refractivity contribution in [2.75, 3.05) is 7.05 Å². The molecule has 0 aromatic rings. The first kappa shape index (κ1) is 23.7. The van der Waals surface area contributed by atoms with E-state index in [1.807, 2.05) is 6.92 Å². The van der Waals surface area contributed by atoms with E-state index in [2.05, 4.69) is 12.2 Å². The quantitative estimate of drug-likeness (QED) is 0.355. The Hall–Kier alpha value is -0.260. The molecule has 0 saturated heterocycles. The normalized spacial score (nSPS) is 16.1. The summed E-state index contributed by atoms with van der Waals surface area (Å²) in [4.78, 5) is 0. The molecule has 0 rings (SSSR count). The third kappa shape index (κ3) is 13.1. The van der Waals surface area contributed by atoms with Crippen LogP contribution >= 0.6 is 0 Å². The van der Waals surface area contributed by atoms with Gasteiger partial charge in [-0.2, -0.15) is 0 Å². The van der Waals surface area contributed by atoms with Crippen molar-refractivity contribution in [3.8, 4) is 0 Å². The number of halogens is 2. The highest BCUT2D eigenvalue weighted by atomic mass is 19.3. The van der Waals surface area contributed by atoms with E-state index >= 15 is 0 Å². The van der Waals surface area contributed by atoms with Crippen LogP contribution in [-0.2, 0) is 0 Å². The van der Waals surface area contributed by atoms with Crippen molar-refractivity contribution in [1.82, 2.24) is 5.32 Å². The minimum absolute atomic E-state index is 0.0454. The van der Waals surface area contributed by atoms with Crippen molar-refractivity contribution in [1.29, 1.82) is 0 Å². The maximum absolute atomic E-state index is 13.8. The van der Waals surface area contributed by atoms with E-state index in [0.29, 0.717) is 19.3 Å². The van der Waals surface area contributed by atoms with Crippen molar-refractivity contribution >= 4 is 0 Å². The predicted octanol–water partition coefficient (Wildman–Crippen LogP) is 4.65. The molecule has 3 atom stereocenters. The molecule has 146 valence electrons. The number of unbranched alkanes of at least 4 members (excludes halogenated alkanes) is 6. The lowest BCUT2D eigenvalue weighted by molar-refractivity contribution is -0.0244. The summed E-state index contributed by atoms with van der Waals surface area (Å²) in [6, 6.07) is -0.113. The molecule has 0 bridgehead atoms. The largest absolute Gasteiger partial charge is 0.393 e. The van der Waals surface area contributed by atoms with E-state index < -0.39 is 18.1 Å². The fourth-order valence-electron chi connectivity index (χ4n) is 2.86. The summed E-state index contributed by atoms with van der Waals surface area (Å²) in [5, 5.41) is 22.6. The van der Waals surface area contributed by atoms with Crippen LogP contribution in [0, 0.1) is 0 Å². The number of rotatable bonds is 16. The first-order valence-corrected chi connectivity index (χ1v) is 9.73. The average Bonchev–Trinajstić information content (AvgIpc) is 2.52. The van der Waals surface area contributed by atoms with Crippen molar-refractivity contribution < 1.29 is 19.0 Å². The van der Waals surface area contributed by atoms with Crippen LogP contribution in [-0.4, -0.2) is 41.4 Å². The molecule has 0 aliphatic carbocycles. The highest BCUT2D eigenvalue weighted by Crippen LogP contribution is 2.28. The van der Waals surface area contributed by atoms with Gasteiger partial charge in [0.05, 0.1) is 12.2 Å². The van der Waals surface area contributed by atoms with Gasteiger partial charge in [-0.05, 0) is 33.2 Å². The second-order valence-electron chi connectivity index (χ2n) is 7.15. The van der Waals surface area contributed by atoms with Crippen LogP contribution in [0.25, 0.3) is 0 Å². The summed E-state index contributed by atoms with van der Waals surface area (Å²) in [6.45, 7) is 3.99. The lowest BCUT2D eigenvalue weighted by Gasteiger charge is -2.22. The van der Waals surface area contributed by atoms with Crippen LogP contribution in [0.1, 0.15) is 90.9 Å². The van der Waals surface area contributed by atoms with E-state index in [1.165, 1.54) is 19.3 Å². The van der Waals surface area contributed by atoms with Gasteiger partial charge in [-0.25, -0.2) is 8.78 Å². The van der Waals surface area contributed by atoms with Gasteiger partial charge in [0.15, 0.2) is 0 Å². The summed E-state index contributed by atoms with van der Waals surface area (Å²) in [6.07, 6.45) is 6.58. The minimum atomic E-state index is -2.62. The molecule has 0 unspecified atom stereocenters. The Morgan fingerprint density at radius 2 is 1.46 bits per heavy atom. The summed E-state index contributed by atoms with van der Waals surface area (Å²) in [7, 11) is 1.74. The first-order valence-electron chi connectivity index (χ1n) is 9.73. The van der Waals surface area contributed by atoms with Gasteiger partial charge in [0.2, 0.25) is 5.92 Å². The predicted molar refractivity (Wildman–Crippen MR) is 96.6 cm³/mol. The van der Waals surface area contributed by atoms with E-state index in [4.69, 9.17) is 0 Å². The molecule has 0 aromatic carbocycles. The minimum Gasteiger partial charge on any atom is -0.393 e. The third-order valence-corrected chi connectivity index (χ3v) is 4.77. The van der Waals surface area contributed by atoms with Crippen LogP contribution in [0.2, 0.25) is 0 Å². The monoisotopic (exact) mass is 351 g/mol. The molecule has 0 amide bonds. The van der Waals surface area contributed by atoms with E-state index in [-0.39, 0.29) is 25.3 Å². The van der Waals surface area contributed by atoms with Crippen LogP contribution in [0.15, 0.2) is 0 Å². The van der Waals surface area contributed by atoms with Gasteiger partial charge in [0.1, 0.15) is 0 Å². The van der Waals surface area contributed by atoms with Gasteiger partial charge in [0, 0.05) is 25.3 Å². The summed E-state index contributed by atoms with van der Waals surface area (Å²) < 4.78 is 27.6. The lowest BCUT2D eigenvalue weighted by Crippen LogP contribution is -2.37. The molecular formula is C19H39F2NO2. The molecule has 0 radical (unpaired) electrons. The van der Waals surface area contributed by atoms with Gasteiger partial charge in [0.25, 0.3) is 0 Å². The fourth-order valence-corrected chi connectivity index (χ4v) is 2.86. The van der Waals surface area contributed by atoms with Crippen molar-refractivity contribution in [3.63, 3.8) is 0 Å². The van der Waals surface area contributed by atoms with Crippen LogP contribution in [0.5, 0.6) is 0 Å². The number of hydrogen-bond donors (Lipinski definition) is 3. The second-order valence-corrected chi connectivity index (χ2v) is 7.15. The highest BCUT2D eigenvalue weighted by molar-refractivity contribution is 4.74. The number of nitrogens with one attached hydrogen (secondary N) is 1. The molecular weight excluding hydrogens is 312 g/mol. The Morgan fingerprint density at radius 3 is 2.04 bits per heavy atom. The molecule has 0 fully saturated rings. The number of aliphatic hydroxyl groups excluding tert-OH is 2. The SMILES string of the molecule is CCCCCCCCCC(F)(F)CCC[C@H](O)C[C@H](O)[C@H](C)NC. The molecule has 3 nitrogen and oxygen atoms in total. The zero-order chi connectivity index (χ0) is 18.4. The zero-order valence-corrected chi connectivity index (χ0v) is 15.9. The standard InChI is InChI=1S/C19H39F2NO2/c1-4-5-6-7-8-9-10-13-19(20,21)14-11-12-17(23)15-18(24)16(2)22-3/h16-18,22-24H,4-15H2,1-3H3/t16-,17-,18-/m0/s1. The fraction of sp³-hybridized carbons (Fsp3) is 1.00. The third-order valence-electron chi connectivity index (χ3n) is 4.77. The Morgan fingerprint density at radius 1 is 0.917 bits per heavy atom. The van der Waals surface area contributed by atoms with Crippen molar-refractivity contribution in [3.05, 3.63) is 0 Å². The number of alkyl halides is 2. The number of aliphatic hydroxyl groups is 2. The topological polar surface area (TPSA) is 52.5 Å². The smallest absolute Gasteiger partial charge is 0.248 e. The molecule has 0 heterocycles. The molecule has 3 N–H and O–H groups in total. The summed E-state index contributed by atoms with van der Waals surface area (Å²) in [5.41, 5.74) is 0. The molecule has 5 heteroatoms.